The van der Waals surface area contributed by atoms with E-state index in [-0.39, 0.29) is 32.1 Å². The summed E-state index contributed by atoms with van der Waals surface area (Å²) < 4.78 is 0. The van der Waals surface area contributed by atoms with Crippen molar-refractivity contribution in [2.24, 2.45) is 11.5 Å². The standard InChI is InChI=1S/C34H38N6O6/c35-25(19-23-20-37-26-14-8-7-13-24(23)26)31(42)39-28(17-21-9-3-1-4-10-21)33(44)38-27(15-16-30(36)41)32(43)40-29(34(45)46)18-22-11-5-2-6-12-22/h1-14,20,25,27-29,37H,15-19,35H2,(H2,36,41)(H,38,44)(H,39,42)(H,40,43)(H,45,46). The molecular weight excluding hydrogens is 588 g/mol. The topological polar surface area (TPSA) is 209 Å². The molecule has 3 aromatic carbocycles. The highest BCUT2D eigenvalue weighted by atomic mass is 16.4. The van der Waals surface area contributed by atoms with Gasteiger partial charge in [-0.15, -0.1) is 0 Å². The van der Waals surface area contributed by atoms with Gasteiger partial charge in [0.15, 0.2) is 0 Å². The lowest BCUT2D eigenvalue weighted by Gasteiger charge is -2.25. The number of hydrogen-bond acceptors (Lipinski definition) is 6. The zero-order valence-corrected chi connectivity index (χ0v) is 25.1. The van der Waals surface area contributed by atoms with Gasteiger partial charge in [0.05, 0.1) is 6.04 Å². The number of aromatic nitrogens is 1. The van der Waals surface area contributed by atoms with Crippen LogP contribution >= 0.6 is 0 Å². The molecule has 1 aromatic heterocycles. The molecule has 4 aromatic rings. The number of carboxylic acid groups (broad SMARTS) is 1. The molecule has 4 atom stereocenters. The number of carbonyl (C=O) groups is 5. The molecule has 0 bridgehead atoms. The molecule has 0 radical (unpaired) electrons. The zero-order valence-electron chi connectivity index (χ0n) is 25.1. The van der Waals surface area contributed by atoms with Crippen LogP contribution in [0.4, 0.5) is 0 Å². The van der Waals surface area contributed by atoms with Gasteiger partial charge in [-0.3, -0.25) is 19.2 Å². The number of fused-ring (bicyclic) bond motifs is 1. The van der Waals surface area contributed by atoms with Gasteiger partial charge in [-0.2, -0.15) is 0 Å². The quantitative estimate of drug-likeness (QED) is 0.0969. The van der Waals surface area contributed by atoms with Gasteiger partial charge in [0.2, 0.25) is 23.6 Å². The highest BCUT2D eigenvalue weighted by Gasteiger charge is 2.31. The second kappa shape index (κ2) is 16.0. The van der Waals surface area contributed by atoms with E-state index in [1.807, 2.05) is 30.3 Å². The number of carboxylic acids is 1. The number of nitrogens with two attached hydrogens (primary N) is 2. The fourth-order valence-corrected chi connectivity index (χ4v) is 5.12. The third kappa shape index (κ3) is 9.50. The summed E-state index contributed by atoms with van der Waals surface area (Å²) in [5.41, 5.74) is 14.8. The third-order valence-electron chi connectivity index (χ3n) is 7.58. The number of para-hydroxylation sites is 1. The SMILES string of the molecule is NC(=O)CCC(NC(=O)C(Cc1ccccc1)NC(=O)C(N)Cc1c[nH]c2ccccc12)C(=O)NC(Cc1ccccc1)C(=O)O. The molecule has 240 valence electrons. The second-order valence-corrected chi connectivity index (χ2v) is 11.1. The number of aromatic amines is 1. The molecule has 46 heavy (non-hydrogen) atoms. The maximum atomic E-state index is 13.7. The van der Waals surface area contributed by atoms with Gasteiger partial charge in [-0.05, 0) is 35.6 Å². The molecule has 0 saturated carbocycles. The minimum atomic E-state index is -1.31. The Labute approximate surface area is 265 Å². The van der Waals surface area contributed by atoms with Crippen LogP contribution in [0.25, 0.3) is 10.9 Å². The molecule has 1 heterocycles. The number of carbonyl (C=O) groups excluding carboxylic acids is 4. The smallest absolute Gasteiger partial charge is 0.326 e. The summed E-state index contributed by atoms with van der Waals surface area (Å²) in [5, 5.41) is 18.5. The summed E-state index contributed by atoms with van der Waals surface area (Å²) >= 11 is 0. The Bertz CT molecular complexity index is 1660. The number of nitrogens with one attached hydrogen (secondary N) is 4. The molecule has 0 fully saturated rings. The van der Waals surface area contributed by atoms with Gasteiger partial charge < -0.3 is 37.5 Å². The average molecular weight is 627 g/mol. The van der Waals surface area contributed by atoms with Crippen LogP contribution in [0.2, 0.25) is 0 Å². The molecule has 9 N–H and O–H groups in total. The van der Waals surface area contributed by atoms with Gasteiger partial charge in [-0.25, -0.2) is 4.79 Å². The zero-order chi connectivity index (χ0) is 33.1. The Balaban J connectivity index is 1.50. The number of amides is 4. The maximum absolute atomic E-state index is 13.7. The fraction of sp³-hybridized carbons (Fsp3) is 0.265. The maximum Gasteiger partial charge on any atom is 0.326 e. The summed E-state index contributed by atoms with van der Waals surface area (Å²) in [4.78, 5) is 67.1. The molecule has 0 aliphatic rings. The first kappa shape index (κ1) is 33.4. The van der Waals surface area contributed by atoms with E-state index < -0.39 is 53.8 Å². The van der Waals surface area contributed by atoms with Gasteiger partial charge >= 0.3 is 5.97 Å². The largest absolute Gasteiger partial charge is 0.480 e. The Hall–Kier alpha value is -5.49. The van der Waals surface area contributed by atoms with Crippen molar-refractivity contribution in [1.82, 2.24) is 20.9 Å². The van der Waals surface area contributed by atoms with Gasteiger partial charge in [-0.1, -0.05) is 78.9 Å². The number of primary amides is 1. The molecule has 0 saturated heterocycles. The summed E-state index contributed by atoms with van der Waals surface area (Å²) in [5.74, 6) is -4.07. The van der Waals surface area contributed by atoms with Crippen LogP contribution in [0.5, 0.6) is 0 Å². The Kier molecular flexibility index (Phi) is 11.6. The Morgan fingerprint density at radius 2 is 1.20 bits per heavy atom. The second-order valence-electron chi connectivity index (χ2n) is 11.1. The molecule has 4 unspecified atom stereocenters. The van der Waals surface area contributed by atoms with Crippen LogP contribution in [-0.2, 0) is 43.2 Å². The Morgan fingerprint density at radius 3 is 1.80 bits per heavy atom. The lowest BCUT2D eigenvalue weighted by Crippen LogP contribution is -2.58. The number of hydrogen-bond donors (Lipinski definition) is 7. The summed E-state index contributed by atoms with van der Waals surface area (Å²) in [6, 6.07) is 20.6. The first-order chi connectivity index (χ1) is 22.1. The van der Waals surface area contributed by atoms with E-state index in [4.69, 9.17) is 11.5 Å². The molecular formula is C34H38N6O6. The normalized spacial score (nSPS) is 13.6. The van der Waals surface area contributed by atoms with Gasteiger partial charge in [0, 0.05) is 36.4 Å². The van der Waals surface area contributed by atoms with E-state index in [0.29, 0.717) is 5.56 Å². The highest BCUT2D eigenvalue weighted by molar-refractivity contribution is 5.95. The van der Waals surface area contributed by atoms with E-state index in [1.54, 1.807) is 60.8 Å². The van der Waals surface area contributed by atoms with Crippen molar-refractivity contribution in [3.05, 3.63) is 108 Å². The van der Waals surface area contributed by atoms with Crippen LogP contribution in [0, 0.1) is 0 Å². The highest BCUT2D eigenvalue weighted by Crippen LogP contribution is 2.19. The number of rotatable bonds is 16. The van der Waals surface area contributed by atoms with Crippen molar-refractivity contribution in [3.63, 3.8) is 0 Å². The van der Waals surface area contributed by atoms with Crippen molar-refractivity contribution >= 4 is 40.5 Å². The first-order valence-corrected chi connectivity index (χ1v) is 14.9. The van der Waals surface area contributed by atoms with Crippen molar-refractivity contribution in [2.75, 3.05) is 0 Å². The van der Waals surface area contributed by atoms with E-state index in [0.717, 1.165) is 22.0 Å². The van der Waals surface area contributed by atoms with E-state index in [9.17, 15) is 29.1 Å². The van der Waals surface area contributed by atoms with E-state index >= 15 is 0 Å². The van der Waals surface area contributed by atoms with Crippen LogP contribution in [0.3, 0.4) is 0 Å². The Morgan fingerprint density at radius 1 is 0.674 bits per heavy atom. The molecule has 0 aliphatic carbocycles. The first-order valence-electron chi connectivity index (χ1n) is 14.9. The fourth-order valence-electron chi connectivity index (χ4n) is 5.12. The van der Waals surface area contributed by atoms with Crippen LogP contribution < -0.4 is 27.4 Å². The van der Waals surface area contributed by atoms with Crippen molar-refractivity contribution < 1.29 is 29.1 Å². The van der Waals surface area contributed by atoms with E-state index in [1.165, 1.54) is 0 Å². The number of benzene rings is 3. The van der Waals surface area contributed by atoms with Crippen molar-refractivity contribution in [3.8, 4) is 0 Å². The molecule has 12 heteroatoms. The lowest BCUT2D eigenvalue weighted by atomic mass is 10.0. The average Bonchev–Trinajstić information content (AvgIpc) is 3.45. The minimum Gasteiger partial charge on any atom is -0.480 e. The van der Waals surface area contributed by atoms with E-state index in [2.05, 4.69) is 20.9 Å². The van der Waals surface area contributed by atoms with Crippen LogP contribution in [0.1, 0.15) is 29.5 Å². The van der Waals surface area contributed by atoms with Crippen LogP contribution in [-0.4, -0.2) is 63.9 Å². The number of H-pyrrole nitrogens is 1. The number of aliphatic carboxylic acids is 1. The predicted molar refractivity (Wildman–Crippen MR) is 172 cm³/mol. The molecule has 0 aliphatic heterocycles. The third-order valence-corrected chi connectivity index (χ3v) is 7.58. The molecule has 0 spiro atoms. The lowest BCUT2D eigenvalue weighted by molar-refractivity contribution is -0.142. The molecule has 4 amide bonds. The minimum absolute atomic E-state index is 0.000589. The molecule has 12 nitrogen and oxygen atoms in total. The summed E-state index contributed by atoms with van der Waals surface area (Å²) in [6.07, 6.45) is 1.64. The molecule has 4 rings (SSSR count). The predicted octanol–water partition coefficient (Wildman–Crippen LogP) is 1.33. The van der Waals surface area contributed by atoms with Crippen molar-refractivity contribution in [1.29, 1.82) is 0 Å². The van der Waals surface area contributed by atoms with Gasteiger partial charge in [0.25, 0.3) is 0 Å². The van der Waals surface area contributed by atoms with Crippen molar-refractivity contribution in [2.45, 2.75) is 56.3 Å². The monoisotopic (exact) mass is 626 g/mol. The van der Waals surface area contributed by atoms with Crippen LogP contribution in [0.15, 0.2) is 91.1 Å². The van der Waals surface area contributed by atoms with Gasteiger partial charge in [0.1, 0.15) is 18.1 Å². The summed E-state index contributed by atoms with van der Waals surface area (Å²) in [6.45, 7) is 0. The summed E-state index contributed by atoms with van der Waals surface area (Å²) in [7, 11) is 0.